The van der Waals surface area contributed by atoms with E-state index in [1.807, 2.05) is 0 Å². The smallest absolute Gasteiger partial charge is 0.371 e. The van der Waals surface area contributed by atoms with Gasteiger partial charge in [0, 0.05) is 13.0 Å². The van der Waals surface area contributed by atoms with Crippen LogP contribution in [-0.2, 0) is 14.4 Å². The van der Waals surface area contributed by atoms with Crippen LogP contribution in [0.15, 0.2) is 0 Å². The van der Waals surface area contributed by atoms with E-state index in [2.05, 4.69) is 0 Å². The normalized spacial score (nSPS) is 10.2. The summed E-state index contributed by atoms with van der Waals surface area (Å²) in [4.78, 5) is 28.3. The molecule has 1 atom stereocenters. The Labute approximate surface area is 93.3 Å². The van der Waals surface area contributed by atoms with Crippen LogP contribution < -0.4 is 0 Å². The van der Waals surface area contributed by atoms with Crippen molar-refractivity contribution >= 4 is 17.7 Å². The Hall–Kier alpha value is -1.47. The Morgan fingerprint density at radius 2 is 1.06 bits per heavy atom. The number of ketones is 1. The monoisotopic (exact) mass is 238 g/mol. The third-order valence-electron chi connectivity index (χ3n) is 0.659. The fourth-order valence-electron chi connectivity index (χ4n) is 0. The Morgan fingerprint density at radius 1 is 0.938 bits per heavy atom. The summed E-state index contributed by atoms with van der Waals surface area (Å²) in [5.41, 5.74) is 0. The predicted octanol–water partition coefficient (Wildman–Crippen LogP) is -0.501. The zero-order valence-corrected chi connectivity index (χ0v) is 9.67. The molecule has 96 valence electrons. The first kappa shape index (κ1) is 20.0. The number of Topliss-reactive ketones (excluding diaryl/α,β-unsaturated/α-hetero) is 1. The summed E-state index contributed by atoms with van der Waals surface area (Å²) in [6, 6.07) is 0. The first-order valence-corrected chi connectivity index (χ1v) is 4.35. The van der Waals surface area contributed by atoms with E-state index in [1.54, 1.807) is 13.8 Å². The molecule has 0 fully saturated rings. The van der Waals surface area contributed by atoms with Crippen molar-refractivity contribution in [2.45, 2.75) is 39.9 Å². The van der Waals surface area contributed by atoms with Crippen LogP contribution in [0.25, 0.3) is 0 Å². The SMILES string of the molecule is CC(=O)C(=O)O.CC(C)O.CC(O)C(=O)O. The first-order chi connectivity index (χ1) is 7.02. The second-order valence-corrected chi connectivity index (χ2v) is 2.97. The van der Waals surface area contributed by atoms with Crippen molar-refractivity contribution in [2.24, 2.45) is 0 Å². The zero-order chi connectivity index (χ0) is 13.9. The predicted molar refractivity (Wildman–Crippen MR) is 55.0 cm³/mol. The van der Waals surface area contributed by atoms with E-state index in [9.17, 15) is 14.4 Å². The minimum atomic E-state index is -1.38. The van der Waals surface area contributed by atoms with Crippen molar-refractivity contribution in [3.8, 4) is 0 Å². The molecule has 0 aliphatic carbocycles. The molecule has 0 amide bonds. The highest BCUT2D eigenvalue weighted by molar-refractivity contribution is 6.31. The molecule has 0 rings (SSSR count). The maximum atomic E-state index is 9.54. The molecule has 16 heavy (non-hydrogen) atoms. The van der Waals surface area contributed by atoms with Crippen molar-refractivity contribution in [2.75, 3.05) is 0 Å². The molecule has 0 bridgehead atoms. The van der Waals surface area contributed by atoms with Crippen molar-refractivity contribution < 1.29 is 34.8 Å². The number of hydrogen-bond donors (Lipinski definition) is 4. The summed E-state index contributed by atoms with van der Waals surface area (Å²) in [5.74, 6) is -3.39. The van der Waals surface area contributed by atoms with Crippen LogP contribution >= 0.6 is 0 Å². The van der Waals surface area contributed by atoms with Crippen LogP contribution in [0.3, 0.4) is 0 Å². The van der Waals surface area contributed by atoms with Crippen LogP contribution in [-0.4, -0.2) is 50.4 Å². The lowest BCUT2D eigenvalue weighted by atomic mass is 10.4. The molecule has 0 aromatic heterocycles. The lowest BCUT2D eigenvalue weighted by molar-refractivity contribution is -0.148. The van der Waals surface area contributed by atoms with Gasteiger partial charge >= 0.3 is 11.9 Å². The summed E-state index contributed by atoms with van der Waals surface area (Å²) in [5, 5.41) is 31.5. The van der Waals surface area contributed by atoms with E-state index in [-0.39, 0.29) is 6.10 Å². The van der Waals surface area contributed by atoms with E-state index in [0.29, 0.717) is 0 Å². The lowest BCUT2D eigenvalue weighted by Crippen LogP contribution is -2.13. The molecule has 7 nitrogen and oxygen atoms in total. The molecule has 0 aliphatic heterocycles. The van der Waals surface area contributed by atoms with Crippen LogP contribution in [0.4, 0.5) is 0 Å². The molecule has 0 saturated heterocycles. The Bertz CT molecular complexity index is 205. The largest absolute Gasteiger partial charge is 0.479 e. The zero-order valence-electron chi connectivity index (χ0n) is 9.67. The number of aliphatic carboxylic acids is 2. The average molecular weight is 238 g/mol. The highest BCUT2D eigenvalue weighted by atomic mass is 16.4. The lowest BCUT2D eigenvalue weighted by Gasteiger charge is -1.89. The molecule has 0 aliphatic rings. The van der Waals surface area contributed by atoms with E-state index in [1.165, 1.54) is 6.92 Å². The summed E-state index contributed by atoms with van der Waals surface area (Å²) >= 11 is 0. The van der Waals surface area contributed by atoms with E-state index >= 15 is 0 Å². The van der Waals surface area contributed by atoms with E-state index < -0.39 is 23.8 Å². The molecule has 1 unspecified atom stereocenters. The highest BCUT2D eigenvalue weighted by Gasteiger charge is 2.01. The number of hydrogen-bond acceptors (Lipinski definition) is 5. The van der Waals surface area contributed by atoms with Crippen LogP contribution in [0, 0.1) is 0 Å². The van der Waals surface area contributed by atoms with Gasteiger partial charge in [0.25, 0.3) is 0 Å². The maximum absolute atomic E-state index is 9.54. The van der Waals surface area contributed by atoms with Crippen molar-refractivity contribution in [3.63, 3.8) is 0 Å². The quantitative estimate of drug-likeness (QED) is 0.476. The number of carboxylic acids is 2. The second kappa shape index (κ2) is 11.6. The molecule has 4 N–H and O–H groups in total. The Morgan fingerprint density at radius 3 is 1.06 bits per heavy atom. The highest BCUT2D eigenvalue weighted by Crippen LogP contribution is 1.73. The topological polar surface area (TPSA) is 132 Å². The number of rotatable bonds is 2. The molecular weight excluding hydrogens is 220 g/mol. The molecule has 7 heteroatoms. The Kier molecular flexibility index (Phi) is 14.5. The summed E-state index contributed by atoms with van der Waals surface area (Å²) in [7, 11) is 0. The van der Waals surface area contributed by atoms with Crippen LogP contribution in [0.5, 0.6) is 0 Å². The van der Waals surface area contributed by atoms with Crippen LogP contribution in [0.2, 0.25) is 0 Å². The summed E-state index contributed by atoms with van der Waals surface area (Å²) in [6.07, 6.45) is -1.40. The minimum absolute atomic E-state index is 0.167. The van der Waals surface area contributed by atoms with Gasteiger partial charge in [-0.2, -0.15) is 0 Å². The maximum Gasteiger partial charge on any atom is 0.371 e. The van der Waals surface area contributed by atoms with Gasteiger partial charge in [-0.25, -0.2) is 9.59 Å². The number of carboxylic acid groups (broad SMARTS) is 2. The van der Waals surface area contributed by atoms with Gasteiger partial charge in [-0.1, -0.05) is 0 Å². The van der Waals surface area contributed by atoms with Gasteiger partial charge < -0.3 is 20.4 Å². The van der Waals surface area contributed by atoms with Crippen LogP contribution in [0.1, 0.15) is 27.7 Å². The second-order valence-electron chi connectivity index (χ2n) is 2.97. The standard InChI is InChI=1S/C3H6O3.C3H4O3.C3H8O/c2*1-2(4)3(5)6;1-3(2)4/h2,4H,1H3,(H,5,6);1H3,(H,5,6);3-4H,1-2H3. The molecule has 0 spiro atoms. The van der Waals surface area contributed by atoms with Crippen molar-refractivity contribution in [1.82, 2.24) is 0 Å². The van der Waals surface area contributed by atoms with Crippen molar-refractivity contribution in [3.05, 3.63) is 0 Å². The third kappa shape index (κ3) is 39.1. The van der Waals surface area contributed by atoms with Gasteiger partial charge in [-0.3, -0.25) is 4.79 Å². The number of carbonyl (C=O) groups excluding carboxylic acids is 1. The first-order valence-electron chi connectivity index (χ1n) is 4.35. The number of aliphatic hydroxyl groups is 2. The fourth-order valence-corrected chi connectivity index (χ4v) is 0. The van der Waals surface area contributed by atoms with Gasteiger partial charge in [0.1, 0.15) is 6.10 Å². The molecule has 0 aromatic rings. The Balaban J connectivity index is -0.000000162. The molecule has 0 aromatic carbocycles. The average Bonchev–Trinajstić information content (AvgIpc) is 2.03. The van der Waals surface area contributed by atoms with Gasteiger partial charge in [0.05, 0.1) is 0 Å². The molecular formula is C9H18O7. The molecule has 0 heterocycles. The van der Waals surface area contributed by atoms with Gasteiger partial charge in [0.2, 0.25) is 5.78 Å². The van der Waals surface area contributed by atoms with Gasteiger partial charge in [-0.05, 0) is 20.8 Å². The van der Waals surface area contributed by atoms with E-state index in [0.717, 1.165) is 6.92 Å². The number of aliphatic hydroxyl groups excluding tert-OH is 2. The van der Waals surface area contributed by atoms with Gasteiger partial charge in [0.15, 0.2) is 0 Å². The van der Waals surface area contributed by atoms with Crippen molar-refractivity contribution in [1.29, 1.82) is 0 Å². The molecule has 0 saturated carbocycles. The van der Waals surface area contributed by atoms with Gasteiger partial charge in [-0.15, -0.1) is 0 Å². The fraction of sp³-hybridized carbons (Fsp3) is 0.667. The minimum Gasteiger partial charge on any atom is -0.479 e. The van der Waals surface area contributed by atoms with E-state index in [4.69, 9.17) is 20.4 Å². The number of carbonyl (C=O) groups is 3. The third-order valence-corrected chi connectivity index (χ3v) is 0.659. The summed E-state index contributed by atoms with van der Waals surface area (Å²) in [6.45, 7) is 5.64. The molecule has 0 radical (unpaired) electrons. The summed E-state index contributed by atoms with van der Waals surface area (Å²) < 4.78 is 0.